The number of fused-ring (bicyclic) bond motifs is 1. The molecule has 190 valence electrons. The van der Waals surface area contributed by atoms with Crippen LogP contribution in [0.1, 0.15) is 44.9 Å². The highest BCUT2D eigenvalue weighted by Gasteiger charge is 2.29. The van der Waals surface area contributed by atoms with Crippen molar-refractivity contribution in [3.8, 4) is 0 Å². The van der Waals surface area contributed by atoms with Gasteiger partial charge in [0.1, 0.15) is 6.17 Å². The highest BCUT2D eigenvalue weighted by atomic mass is 35.5. The summed E-state index contributed by atoms with van der Waals surface area (Å²) in [5, 5.41) is 22.0. The van der Waals surface area contributed by atoms with Crippen LogP contribution in [0.5, 0.6) is 0 Å². The van der Waals surface area contributed by atoms with Gasteiger partial charge in [-0.1, -0.05) is 18.5 Å². The van der Waals surface area contributed by atoms with Gasteiger partial charge in [0.2, 0.25) is 0 Å². The molecular weight excluding hydrogens is 473 g/mol. The maximum Gasteiger partial charge on any atom is 0.317 e. The van der Waals surface area contributed by atoms with Crippen LogP contribution in [0.2, 0.25) is 0 Å². The molecule has 0 saturated carbocycles. The predicted octanol–water partition coefficient (Wildman–Crippen LogP) is 2.88. The summed E-state index contributed by atoms with van der Waals surface area (Å²) >= 11 is 6.14. The highest BCUT2D eigenvalue weighted by Crippen LogP contribution is 2.31. The lowest BCUT2D eigenvalue weighted by atomic mass is 10.0. The van der Waals surface area contributed by atoms with Crippen molar-refractivity contribution in [3.05, 3.63) is 46.9 Å². The van der Waals surface area contributed by atoms with Crippen molar-refractivity contribution in [3.63, 3.8) is 0 Å². The molecule has 35 heavy (non-hydrogen) atoms. The van der Waals surface area contributed by atoms with Gasteiger partial charge in [-0.3, -0.25) is 0 Å². The smallest absolute Gasteiger partial charge is 0.317 e. The number of nitrogens with one attached hydrogen (secondary N) is 4. The molecule has 4 heterocycles. The van der Waals surface area contributed by atoms with Gasteiger partial charge in [0.15, 0.2) is 17.5 Å². The van der Waals surface area contributed by atoms with E-state index < -0.39 is 5.82 Å². The Morgan fingerprint density at radius 2 is 2.20 bits per heavy atom. The number of allylic oxidation sites excluding steroid dienone is 2. The van der Waals surface area contributed by atoms with Crippen molar-refractivity contribution in [2.24, 2.45) is 5.92 Å². The first-order valence-corrected chi connectivity index (χ1v) is 12.6. The predicted molar refractivity (Wildman–Crippen MR) is 134 cm³/mol. The van der Waals surface area contributed by atoms with E-state index in [4.69, 9.17) is 16.7 Å². The summed E-state index contributed by atoms with van der Waals surface area (Å²) in [6.45, 7) is 3.83. The average Bonchev–Trinajstić information content (AvgIpc) is 3.28. The molecule has 1 aromatic rings. The Morgan fingerprint density at radius 1 is 1.37 bits per heavy atom. The molecule has 2 amide bonds. The van der Waals surface area contributed by atoms with E-state index in [1.807, 2.05) is 11.0 Å². The summed E-state index contributed by atoms with van der Waals surface area (Å²) in [5.41, 5.74) is 1.63. The molecule has 0 radical (unpaired) electrons. The van der Waals surface area contributed by atoms with E-state index in [-0.39, 0.29) is 30.7 Å². The summed E-state index contributed by atoms with van der Waals surface area (Å²) in [5.74, 6) is 0.238. The SMILES string of the molecule is CC(CCCO)CNC(=O)N1CCCC[C@@H]1CNc1nc(C2=CNC3NC=C(Cl)C=C23)ncc1F. The number of piperidine rings is 1. The van der Waals surface area contributed by atoms with E-state index >= 15 is 0 Å². The highest BCUT2D eigenvalue weighted by molar-refractivity contribution is 6.31. The van der Waals surface area contributed by atoms with Crippen LogP contribution in [0, 0.1) is 11.7 Å². The molecular formula is C24H33ClFN7O2. The van der Waals surface area contributed by atoms with Gasteiger partial charge in [-0.25, -0.2) is 19.2 Å². The van der Waals surface area contributed by atoms with Gasteiger partial charge >= 0.3 is 6.03 Å². The molecule has 0 aromatic carbocycles. The van der Waals surface area contributed by atoms with Crippen molar-refractivity contribution >= 4 is 29.0 Å². The number of hydrogen-bond acceptors (Lipinski definition) is 7. The number of aromatic nitrogens is 2. The van der Waals surface area contributed by atoms with Gasteiger partial charge in [-0.15, -0.1) is 0 Å². The van der Waals surface area contributed by atoms with Crippen LogP contribution in [0.15, 0.2) is 35.3 Å². The number of aliphatic hydroxyl groups excluding tert-OH is 1. The molecule has 0 bridgehead atoms. The summed E-state index contributed by atoms with van der Waals surface area (Å²) in [4.78, 5) is 23.3. The van der Waals surface area contributed by atoms with Crippen molar-refractivity contribution in [1.29, 1.82) is 0 Å². The number of hydrogen-bond donors (Lipinski definition) is 5. The van der Waals surface area contributed by atoms with Gasteiger partial charge in [0, 0.05) is 49.8 Å². The molecule has 3 aliphatic heterocycles. The number of nitrogens with zero attached hydrogens (tertiary/aromatic N) is 3. The second-order valence-corrected chi connectivity index (χ2v) is 9.66. The van der Waals surface area contributed by atoms with Crippen LogP contribution in [0.3, 0.4) is 0 Å². The van der Waals surface area contributed by atoms with E-state index in [2.05, 4.69) is 38.2 Å². The first kappa shape index (κ1) is 25.2. The van der Waals surface area contributed by atoms with Crippen LogP contribution in [-0.4, -0.2) is 64.5 Å². The lowest BCUT2D eigenvalue weighted by Gasteiger charge is -2.36. The van der Waals surface area contributed by atoms with Crippen LogP contribution in [-0.2, 0) is 0 Å². The maximum atomic E-state index is 14.6. The standard InChI is InChI=1S/C24H33ClFN7O2/c1-15(5-4-8-34)10-31-24(35)33-7-3-2-6-17(33)12-28-23-20(26)14-30-22(32-23)19-13-29-21-18(19)9-16(25)11-27-21/h9,11,13-15,17,21,27,29,34H,2-8,10,12H2,1H3,(H,31,35)(H,28,30,32)/t15?,17-,21?/m1/s1. The average molecular weight is 506 g/mol. The minimum atomic E-state index is -0.546. The van der Waals surface area contributed by atoms with E-state index in [1.54, 1.807) is 12.4 Å². The monoisotopic (exact) mass is 505 g/mol. The van der Waals surface area contributed by atoms with E-state index in [1.165, 1.54) is 0 Å². The Labute approximate surface area is 209 Å². The van der Waals surface area contributed by atoms with Gasteiger partial charge in [-0.05, 0) is 44.1 Å². The fourth-order valence-corrected chi connectivity index (χ4v) is 4.74. The van der Waals surface area contributed by atoms with Gasteiger partial charge < -0.3 is 31.3 Å². The van der Waals surface area contributed by atoms with Crippen molar-refractivity contribution in [2.75, 3.05) is 31.6 Å². The van der Waals surface area contributed by atoms with Crippen molar-refractivity contribution in [1.82, 2.24) is 30.8 Å². The number of aliphatic hydroxyl groups is 1. The topological polar surface area (TPSA) is 114 Å². The second-order valence-electron chi connectivity index (χ2n) is 9.22. The normalized spacial score (nSPS) is 22.2. The number of likely N-dealkylation sites (tertiary alicyclic amines) is 1. The van der Waals surface area contributed by atoms with Crippen molar-refractivity contribution in [2.45, 2.75) is 51.2 Å². The third-order valence-corrected chi connectivity index (χ3v) is 6.75. The number of halogens is 2. The molecule has 9 nitrogen and oxygen atoms in total. The quantitative estimate of drug-likeness (QED) is 0.350. The zero-order chi connectivity index (χ0) is 24.8. The Morgan fingerprint density at radius 3 is 3.03 bits per heavy atom. The summed E-state index contributed by atoms with van der Waals surface area (Å²) < 4.78 is 14.6. The Balaban J connectivity index is 1.39. The minimum Gasteiger partial charge on any atom is -0.396 e. The first-order valence-electron chi connectivity index (χ1n) is 12.2. The molecule has 5 N–H and O–H groups in total. The van der Waals surface area contributed by atoms with E-state index in [9.17, 15) is 9.18 Å². The molecule has 2 unspecified atom stereocenters. The molecule has 1 aromatic heterocycles. The third kappa shape index (κ3) is 6.24. The number of amides is 2. The minimum absolute atomic E-state index is 0.0692. The zero-order valence-electron chi connectivity index (χ0n) is 19.9. The Kier molecular flexibility index (Phi) is 8.46. The number of carbonyl (C=O) groups is 1. The summed E-state index contributed by atoms with van der Waals surface area (Å²) in [7, 11) is 0. The van der Waals surface area contributed by atoms with Crippen LogP contribution in [0.4, 0.5) is 15.0 Å². The lowest BCUT2D eigenvalue weighted by Crippen LogP contribution is -2.51. The molecule has 0 spiro atoms. The lowest BCUT2D eigenvalue weighted by molar-refractivity contribution is 0.154. The molecule has 3 atom stereocenters. The fraction of sp³-hybridized carbons (Fsp3) is 0.542. The summed E-state index contributed by atoms with van der Waals surface area (Å²) in [6.07, 6.45) is 10.7. The molecule has 1 saturated heterocycles. The van der Waals surface area contributed by atoms with Gasteiger partial charge in [-0.2, -0.15) is 0 Å². The molecule has 1 fully saturated rings. The van der Waals surface area contributed by atoms with Crippen LogP contribution < -0.4 is 21.3 Å². The third-order valence-electron chi connectivity index (χ3n) is 6.53. The number of anilines is 1. The number of dihydropyridines is 1. The number of urea groups is 1. The maximum absolute atomic E-state index is 14.6. The largest absolute Gasteiger partial charge is 0.396 e. The molecule has 11 heteroatoms. The fourth-order valence-electron chi connectivity index (χ4n) is 4.56. The molecule has 4 rings (SSSR count). The van der Waals surface area contributed by atoms with E-state index in [0.29, 0.717) is 36.4 Å². The van der Waals surface area contributed by atoms with Crippen LogP contribution >= 0.6 is 11.6 Å². The Hall–Kier alpha value is -2.85. The van der Waals surface area contributed by atoms with Gasteiger partial charge in [0.25, 0.3) is 0 Å². The molecule has 0 aliphatic carbocycles. The Bertz CT molecular complexity index is 1020. The summed E-state index contributed by atoms with van der Waals surface area (Å²) in [6, 6.07) is -0.175. The molecule has 3 aliphatic rings. The number of rotatable bonds is 9. The van der Waals surface area contributed by atoms with Gasteiger partial charge in [0.05, 0.1) is 17.3 Å². The second kappa shape index (κ2) is 11.7. The first-order chi connectivity index (χ1) is 17.0. The zero-order valence-corrected chi connectivity index (χ0v) is 20.6. The number of carbonyl (C=O) groups excluding carboxylic acids is 1. The van der Waals surface area contributed by atoms with E-state index in [0.717, 1.165) is 49.4 Å². The van der Waals surface area contributed by atoms with Crippen molar-refractivity contribution < 1.29 is 14.3 Å². The van der Waals surface area contributed by atoms with Crippen LogP contribution in [0.25, 0.3) is 5.57 Å².